The van der Waals surface area contributed by atoms with Crippen molar-refractivity contribution in [2.75, 3.05) is 24.8 Å². The molecule has 0 unspecified atom stereocenters. The van der Waals surface area contributed by atoms with Gasteiger partial charge in [-0.05, 0) is 36.6 Å². The molecule has 0 spiro atoms. The molecule has 0 aliphatic carbocycles. The minimum absolute atomic E-state index is 0.333. The highest BCUT2D eigenvalue weighted by Gasteiger charge is 2.43. The molecule has 3 aliphatic heterocycles. The van der Waals surface area contributed by atoms with Crippen molar-refractivity contribution in [2.24, 2.45) is 0 Å². The number of anilines is 1. The number of hydrogen-bond acceptors (Lipinski definition) is 8. The van der Waals surface area contributed by atoms with E-state index in [4.69, 9.17) is 29.3 Å². The lowest BCUT2D eigenvalue weighted by atomic mass is 10.1. The second-order valence-electron chi connectivity index (χ2n) is 8.22. The van der Waals surface area contributed by atoms with E-state index in [9.17, 15) is 26.3 Å². The van der Waals surface area contributed by atoms with Gasteiger partial charge in [-0.2, -0.15) is 26.3 Å². The van der Waals surface area contributed by atoms with Gasteiger partial charge in [0.2, 0.25) is 12.7 Å². The smallest absolute Gasteiger partial charge is 0.475 e. The molecule has 4 heterocycles. The number of nitrogens with zero attached hydrogens (tertiary/aromatic N) is 4. The van der Waals surface area contributed by atoms with Gasteiger partial charge in [0.15, 0.2) is 11.5 Å². The van der Waals surface area contributed by atoms with Gasteiger partial charge in [-0.1, -0.05) is 6.07 Å². The van der Waals surface area contributed by atoms with Crippen LogP contribution in [0.4, 0.5) is 32.3 Å². The van der Waals surface area contributed by atoms with Crippen LogP contribution in [0.15, 0.2) is 36.7 Å². The van der Waals surface area contributed by atoms with Crippen molar-refractivity contribution >= 4 is 17.9 Å². The number of fused-ring (bicyclic) bond motifs is 2. The van der Waals surface area contributed by atoms with Gasteiger partial charge in [-0.15, -0.1) is 0 Å². The molecule has 2 aromatic rings. The van der Waals surface area contributed by atoms with Crippen LogP contribution < -0.4 is 14.4 Å². The third-order valence-corrected chi connectivity index (χ3v) is 5.81. The molecule has 2 N–H and O–H groups in total. The molecule has 10 nitrogen and oxygen atoms in total. The number of ether oxygens (including phenoxy) is 2. The third-order valence-electron chi connectivity index (χ3n) is 5.81. The molecule has 208 valence electrons. The number of benzene rings is 1. The van der Waals surface area contributed by atoms with Crippen molar-refractivity contribution in [2.45, 2.75) is 43.8 Å². The molecule has 0 radical (unpaired) electrons. The molecule has 5 rings (SSSR count). The van der Waals surface area contributed by atoms with E-state index in [1.807, 2.05) is 24.5 Å². The Balaban J connectivity index is 0.000000239. The summed E-state index contributed by atoms with van der Waals surface area (Å²) < 4.78 is 74.4. The Kier molecular flexibility index (Phi) is 8.85. The monoisotopic (exact) mass is 552 g/mol. The molecule has 1 aromatic heterocycles. The Bertz CT molecular complexity index is 1090. The first-order valence-corrected chi connectivity index (χ1v) is 11.0. The van der Waals surface area contributed by atoms with Crippen molar-refractivity contribution in [3.8, 4) is 11.5 Å². The topological polar surface area (TPSA) is 125 Å². The highest BCUT2D eigenvalue weighted by molar-refractivity contribution is 5.73. The zero-order valence-corrected chi connectivity index (χ0v) is 19.4. The second kappa shape index (κ2) is 11.7. The molecule has 16 heteroatoms. The van der Waals surface area contributed by atoms with Gasteiger partial charge < -0.3 is 24.6 Å². The quantitative estimate of drug-likeness (QED) is 0.548. The molecule has 0 amide bonds. The fourth-order valence-electron chi connectivity index (χ4n) is 4.23. The zero-order chi connectivity index (χ0) is 28.1. The molecular formula is C22H22F6N4O6. The van der Waals surface area contributed by atoms with Gasteiger partial charge in [0.25, 0.3) is 0 Å². The molecule has 0 saturated carbocycles. The summed E-state index contributed by atoms with van der Waals surface area (Å²) in [5.41, 5.74) is 1.29. The van der Waals surface area contributed by atoms with Crippen LogP contribution in [0.25, 0.3) is 0 Å². The van der Waals surface area contributed by atoms with E-state index in [-0.39, 0.29) is 0 Å². The van der Waals surface area contributed by atoms with Gasteiger partial charge in [0, 0.05) is 44.1 Å². The van der Waals surface area contributed by atoms with E-state index in [0.29, 0.717) is 18.9 Å². The van der Waals surface area contributed by atoms with E-state index in [2.05, 4.69) is 31.9 Å². The SMILES string of the molecule is O=C(O)C(F)(F)F.O=C(O)C(F)(F)F.c1cnc(N2CC[C@@H]3[C@@H]2CCN3Cc2ccc3c(c2)OCO3)nc1. The second-order valence-corrected chi connectivity index (χ2v) is 8.22. The van der Waals surface area contributed by atoms with Gasteiger partial charge in [-0.3, -0.25) is 4.90 Å². The van der Waals surface area contributed by atoms with Crippen LogP contribution in [-0.2, 0) is 16.1 Å². The number of likely N-dealkylation sites (tertiary alicyclic amines) is 1. The summed E-state index contributed by atoms with van der Waals surface area (Å²) in [5, 5.41) is 14.2. The highest BCUT2D eigenvalue weighted by Crippen LogP contribution is 2.36. The average molecular weight is 552 g/mol. The van der Waals surface area contributed by atoms with Crippen LogP contribution in [0.2, 0.25) is 0 Å². The predicted octanol–water partition coefficient (Wildman–Crippen LogP) is 3.33. The third kappa shape index (κ3) is 7.36. The van der Waals surface area contributed by atoms with E-state index >= 15 is 0 Å². The number of hydrogen-bond donors (Lipinski definition) is 2. The van der Waals surface area contributed by atoms with Crippen molar-refractivity contribution in [1.82, 2.24) is 14.9 Å². The number of aromatic nitrogens is 2. The van der Waals surface area contributed by atoms with E-state index in [0.717, 1.165) is 37.1 Å². The number of carboxylic acids is 2. The maximum absolute atomic E-state index is 10.6. The number of carbonyl (C=O) groups is 2. The van der Waals surface area contributed by atoms with Crippen LogP contribution in [0.5, 0.6) is 11.5 Å². The van der Waals surface area contributed by atoms with Gasteiger partial charge in [0.05, 0.1) is 0 Å². The van der Waals surface area contributed by atoms with Crippen molar-refractivity contribution in [3.05, 3.63) is 42.2 Å². The first-order chi connectivity index (χ1) is 17.8. The standard InChI is InChI=1S/C18H20N4O2.2C2HF3O2/c1-6-19-18(20-7-1)22-9-5-14-15(22)4-8-21(14)11-13-2-3-16-17(10-13)24-12-23-16;2*3-2(4,5)1(6)7/h1-3,6-7,10,14-15H,4-5,8-9,11-12H2;2*(H,6,7)/t14-,15+;;/m1../s1. The summed E-state index contributed by atoms with van der Waals surface area (Å²) in [7, 11) is 0. The summed E-state index contributed by atoms with van der Waals surface area (Å²) in [4.78, 5) is 31.6. The largest absolute Gasteiger partial charge is 0.490 e. The van der Waals surface area contributed by atoms with Gasteiger partial charge in [-0.25, -0.2) is 19.6 Å². The van der Waals surface area contributed by atoms with E-state index < -0.39 is 24.3 Å². The molecule has 38 heavy (non-hydrogen) atoms. The Morgan fingerprint density at radius 3 is 2.03 bits per heavy atom. The maximum atomic E-state index is 10.6. The minimum atomic E-state index is -5.08. The molecule has 2 saturated heterocycles. The van der Waals surface area contributed by atoms with E-state index in [1.165, 1.54) is 18.4 Å². The Morgan fingerprint density at radius 2 is 1.45 bits per heavy atom. The van der Waals surface area contributed by atoms with Crippen LogP contribution >= 0.6 is 0 Å². The van der Waals surface area contributed by atoms with Crippen molar-refractivity contribution in [1.29, 1.82) is 0 Å². The van der Waals surface area contributed by atoms with E-state index in [1.54, 1.807) is 0 Å². The molecule has 1 aromatic carbocycles. The normalized spacial score (nSPS) is 20.1. The molecular weight excluding hydrogens is 530 g/mol. The molecule has 0 bridgehead atoms. The molecule has 2 fully saturated rings. The average Bonchev–Trinajstić information content (AvgIpc) is 3.56. The summed E-state index contributed by atoms with van der Waals surface area (Å²) >= 11 is 0. The maximum Gasteiger partial charge on any atom is 0.490 e. The van der Waals surface area contributed by atoms with Crippen LogP contribution in [0.1, 0.15) is 18.4 Å². The highest BCUT2D eigenvalue weighted by atomic mass is 19.4. The molecule has 2 atom stereocenters. The number of carboxylic acid groups (broad SMARTS) is 2. The minimum Gasteiger partial charge on any atom is -0.475 e. The fourth-order valence-corrected chi connectivity index (χ4v) is 4.23. The summed E-state index contributed by atoms with van der Waals surface area (Å²) in [5.74, 6) is -2.92. The summed E-state index contributed by atoms with van der Waals surface area (Å²) in [6, 6.07) is 9.26. The first kappa shape index (κ1) is 28.7. The lowest BCUT2D eigenvalue weighted by Crippen LogP contribution is -2.37. The van der Waals surface area contributed by atoms with Crippen LogP contribution in [0, 0.1) is 0 Å². The Morgan fingerprint density at radius 1 is 0.895 bits per heavy atom. The zero-order valence-electron chi connectivity index (χ0n) is 19.4. The number of rotatable bonds is 3. The van der Waals surface area contributed by atoms with Crippen LogP contribution in [0.3, 0.4) is 0 Å². The number of aliphatic carboxylic acids is 2. The number of halogens is 6. The van der Waals surface area contributed by atoms with Crippen molar-refractivity contribution < 1.29 is 55.6 Å². The Labute approximate surface area is 211 Å². The predicted molar refractivity (Wildman–Crippen MR) is 117 cm³/mol. The summed E-state index contributed by atoms with van der Waals surface area (Å²) in [6.07, 6.45) is -4.16. The fraction of sp³-hybridized carbons (Fsp3) is 0.455. The van der Waals surface area contributed by atoms with Crippen LogP contribution in [-0.4, -0.2) is 81.3 Å². The van der Waals surface area contributed by atoms with Gasteiger partial charge >= 0.3 is 24.3 Å². The Hall–Kier alpha value is -3.82. The van der Waals surface area contributed by atoms with Crippen molar-refractivity contribution in [3.63, 3.8) is 0 Å². The van der Waals surface area contributed by atoms with Gasteiger partial charge in [0.1, 0.15) is 0 Å². The molecule has 3 aliphatic rings. The first-order valence-electron chi connectivity index (χ1n) is 11.0. The lowest BCUT2D eigenvalue weighted by molar-refractivity contribution is -0.193. The number of alkyl halides is 6. The lowest BCUT2D eigenvalue weighted by Gasteiger charge is -2.25. The summed E-state index contributed by atoms with van der Waals surface area (Å²) in [6.45, 7) is 3.45.